The normalized spacial score (nSPS) is 11.3. The molecule has 0 saturated heterocycles. The molecule has 1 unspecified atom stereocenters. The third-order valence-electron chi connectivity index (χ3n) is 3.83. The number of amides is 2. The van der Waals surface area contributed by atoms with Gasteiger partial charge >= 0.3 is 0 Å². The third-order valence-corrected chi connectivity index (χ3v) is 4.92. The summed E-state index contributed by atoms with van der Waals surface area (Å²) in [4.78, 5) is 29.4. The molecule has 0 saturated carbocycles. The van der Waals surface area contributed by atoms with Gasteiger partial charge in [0.1, 0.15) is 11.6 Å². The predicted molar refractivity (Wildman–Crippen MR) is 115 cm³/mol. The molecule has 0 spiro atoms. The van der Waals surface area contributed by atoms with Gasteiger partial charge in [-0.1, -0.05) is 30.3 Å². The van der Waals surface area contributed by atoms with E-state index in [9.17, 15) is 9.59 Å². The van der Waals surface area contributed by atoms with Gasteiger partial charge in [-0.25, -0.2) is 4.98 Å². The highest BCUT2D eigenvalue weighted by Gasteiger charge is 2.15. The molecule has 0 aliphatic carbocycles. The fraction of sp³-hybridized carbons (Fsp3) is 0.136. The number of rotatable bonds is 8. The van der Waals surface area contributed by atoms with Crippen LogP contribution in [0.25, 0.3) is 0 Å². The van der Waals surface area contributed by atoms with Gasteiger partial charge in [0.05, 0.1) is 5.25 Å². The van der Waals surface area contributed by atoms with Crippen LogP contribution in [-0.2, 0) is 9.59 Å². The monoisotopic (exact) mass is 407 g/mol. The van der Waals surface area contributed by atoms with E-state index in [4.69, 9.17) is 4.74 Å². The molecule has 3 rings (SSSR count). The Labute approximate surface area is 173 Å². The predicted octanol–water partition coefficient (Wildman–Crippen LogP) is 4.22. The van der Waals surface area contributed by atoms with Crippen LogP contribution in [0.5, 0.6) is 5.75 Å². The van der Waals surface area contributed by atoms with Crippen LogP contribution >= 0.6 is 11.8 Å². The maximum atomic E-state index is 12.3. The lowest BCUT2D eigenvalue weighted by Gasteiger charge is -2.13. The lowest BCUT2D eigenvalue weighted by atomic mass is 10.3. The average Bonchev–Trinajstić information content (AvgIpc) is 2.74. The Morgan fingerprint density at radius 3 is 2.55 bits per heavy atom. The van der Waals surface area contributed by atoms with Gasteiger partial charge in [-0.3, -0.25) is 9.59 Å². The van der Waals surface area contributed by atoms with E-state index in [1.807, 2.05) is 49.4 Å². The minimum atomic E-state index is -0.329. The first kappa shape index (κ1) is 20.4. The van der Waals surface area contributed by atoms with Crippen molar-refractivity contribution in [2.24, 2.45) is 0 Å². The molecular weight excluding hydrogens is 386 g/mol. The van der Waals surface area contributed by atoms with Crippen molar-refractivity contribution < 1.29 is 14.3 Å². The van der Waals surface area contributed by atoms with Crippen LogP contribution in [0.15, 0.2) is 83.9 Å². The van der Waals surface area contributed by atoms with Gasteiger partial charge in [0, 0.05) is 16.8 Å². The fourth-order valence-electron chi connectivity index (χ4n) is 2.43. The fourth-order valence-corrected chi connectivity index (χ4v) is 3.36. The molecule has 1 aromatic heterocycles. The molecule has 2 amide bonds. The molecule has 0 bridgehead atoms. The zero-order valence-electron chi connectivity index (χ0n) is 15.9. The van der Waals surface area contributed by atoms with Crippen molar-refractivity contribution >= 4 is 35.1 Å². The van der Waals surface area contributed by atoms with E-state index in [0.717, 1.165) is 4.90 Å². The summed E-state index contributed by atoms with van der Waals surface area (Å²) in [6.45, 7) is 1.74. The molecule has 3 aromatic rings. The molecule has 0 aliphatic rings. The largest absolute Gasteiger partial charge is 0.484 e. The summed E-state index contributed by atoms with van der Waals surface area (Å²) in [5, 5.41) is 5.26. The maximum Gasteiger partial charge on any atom is 0.262 e. The topological polar surface area (TPSA) is 80.3 Å². The SMILES string of the molecule is CC(Sc1cccc(NC(=O)COc2ccccc2)c1)C(=O)Nc1ccccn1. The minimum absolute atomic E-state index is 0.0791. The van der Waals surface area contributed by atoms with Crippen molar-refractivity contribution in [2.75, 3.05) is 17.2 Å². The summed E-state index contributed by atoms with van der Waals surface area (Å²) in [6, 6.07) is 21.9. The number of hydrogen-bond donors (Lipinski definition) is 2. The van der Waals surface area contributed by atoms with Crippen molar-refractivity contribution in [1.82, 2.24) is 4.98 Å². The van der Waals surface area contributed by atoms with Gasteiger partial charge in [-0.15, -0.1) is 11.8 Å². The second kappa shape index (κ2) is 10.3. The van der Waals surface area contributed by atoms with Crippen LogP contribution in [0.1, 0.15) is 6.92 Å². The van der Waals surface area contributed by atoms with Gasteiger partial charge in [0.15, 0.2) is 6.61 Å². The van der Waals surface area contributed by atoms with E-state index in [1.54, 1.807) is 36.5 Å². The summed E-state index contributed by atoms with van der Waals surface area (Å²) >= 11 is 1.40. The summed E-state index contributed by atoms with van der Waals surface area (Å²) < 4.78 is 5.45. The van der Waals surface area contributed by atoms with Crippen LogP contribution in [0.4, 0.5) is 11.5 Å². The summed E-state index contributed by atoms with van der Waals surface area (Å²) in [6.07, 6.45) is 1.63. The quantitative estimate of drug-likeness (QED) is 0.547. The van der Waals surface area contributed by atoms with Crippen LogP contribution < -0.4 is 15.4 Å². The molecule has 0 aliphatic heterocycles. The summed E-state index contributed by atoms with van der Waals surface area (Å²) in [5.74, 6) is 0.764. The maximum absolute atomic E-state index is 12.3. The summed E-state index contributed by atoms with van der Waals surface area (Å²) in [5.41, 5.74) is 0.647. The Hall–Kier alpha value is -3.32. The number of pyridine rings is 1. The molecule has 2 N–H and O–H groups in total. The first-order valence-corrected chi connectivity index (χ1v) is 9.94. The highest BCUT2D eigenvalue weighted by molar-refractivity contribution is 8.00. The van der Waals surface area contributed by atoms with E-state index in [-0.39, 0.29) is 23.7 Å². The highest BCUT2D eigenvalue weighted by atomic mass is 32.2. The van der Waals surface area contributed by atoms with E-state index >= 15 is 0 Å². The number of ether oxygens (including phenoxy) is 1. The number of nitrogens with zero attached hydrogens (tertiary/aromatic N) is 1. The molecule has 0 fully saturated rings. The number of carbonyl (C=O) groups excluding carboxylic acids is 2. The Kier molecular flexibility index (Phi) is 7.24. The summed E-state index contributed by atoms with van der Waals surface area (Å²) in [7, 11) is 0. The zero-order valence-corrected chi connectivity index (χ0v) is 16.7. The first-order chi connectivity index (χ1) is 14.1. The van der Waals surface area contributed by atoms with Gasteiger partial charge < -0.3 is 15.4 Å². The number of para-hydroxylation sites is 1. The van der Waals surface area contributed by atoms with Crippen molar-refractivity contribution in [3.63, 3.8) is 0 Å². The van der Waals surface area contributed by atoms with Gasteiger partial charge in [-0.05, 0) is 49.4 Å². The molecule has 29 heavy (non-hydrogen) atoms. The lowest BCUT2D eigenvalue weighted by Crippen LogP contribution is -2.23. The average molecular weight is 407 g/mol. The molecular formula is C22H21N3O3S. The van der Waals surface area contributed by atoms with Crippen LogP contribution in [0, 0.1) is 0 Å². The molecule has 7 heteroatoms. The van der Waals surface area contributed by atoms with E-state index in [2.05, 4.69) is 15.6 Å². The molecule has 1 atom stereocenters. The van der Waals surface area contributed by atoms with Gasteiger partial charge in [-0.2, -0.15) is 0 Å². The third kappa shape index (κ3) is 6.65. The molecule has 1 heterocycles. The Morgan fingerprint density at radius 2 is 1.79 bits per heavy atom. The van der Waals surface area contributed by atoms with Crippen LogP contribution in [-0.4, -0.2) is 28.7 Å². The molecule has 2 aromatic carbocycles. The molecule has 6 nitrogen and oxygen atoms in total. The van der Waals surface area contributed by atoms with Gasteiger partial charge in [0.2, 0.25) is 5.91 Å². The second-order valence-corrected chi connectivity index (χ2v) is 7.56. The number of hydrogen-bond acceptors (Lipinski definition) is 5. The number of thioether (sulfide) groups is 1. The van der Waals surface area contributed by atoms with Crippen LogP contribution in [0.3, 0.4) is 0 Å². The van der Waals surface area contributed by atoms with E-state index < -0.39 is 0 Å². The van der Waals surface area contributed by atoms with Crippen molar-refractivity contribution in [2.45, 2.75) is 17.1 Å². The van der Waals surface area contributed by atoms with Crippen LogP contribution in [0.2, 0.25) is 0 Å². The number of carbonyl (C=O) groups is 2. The van der Waals surface area contributed by atoms with E-state index in [0.29, 0.717) is 17.3 Å². The smallest absolute Gasteiger partial charge is 0.262 e. The van der Waals surface area contributed by atoms with Crippen molar-refractivity contribution in [3.8, 4) is 5.75 Å². The molecule has 148 valence electrons. The number of aromatic nitrogens is 1. The van der Waals surface area contributed by atoms with Gasteiger partial charge in [0.25, 0.3) is 5.91 Å². The lowest BCUT2D eigenvalue weighted by molar-refractivity contribution is -0.118. The van der Waals surface area contributed by atoms with Crippen molar-refractivity contribution in [1.29, 1.82) is 0 Å². The number of benzene rings is 2. The Morgan fingerprint density at radius 1 is 1.00 bits per heavy atom. The zero-order chi connectivity index (χ0) is 20.5. The minimum Gasteiger partial charge on any atom is -0.484 e. The highest BCUT2D eigenvalue weighted by Crippen LogP contribution is 2.26. The number of anilines is 2. The van der Waals surface area contributed by atoms with Crippen molar-refractivity contribution in [3.05, 3.63) is 79.0 Å². The second-order valence-electron chi connectivity index (χ2n) is 6.14. The van der Waals surface area contributed by atoms with E-state index in [1.165, 1.54) is 11.8 Å². The Balaban J connectivity index is 1.52. The molecule has 0 radical (unpaired) electrons. The number of nitrogens with one attached hydrogen (secondary N) is 2. The first-order valence-electron chi connectivity index (χ1n) is 9.06. The Bertz CT molecular complexity index is 952. The standard InChI is InChI=1S/C22H21N3O3S/c1-16(22(27)25-20-12-5-6-13-23-20)29-19-11-7-8-17(14-19)24-21(26)15-28-18-9-3-2-4-10-18/h2-14,16H,15H2,1H3,(H,24,26)(H,23,25,27).